The molecule has 1 saturated carbocycles. The summed E-state index contributed by atoms with van der Waals surface area (Å²) in [5.41, 5.74) is 5.33. The second kappa shape index (κ2) is 16.6. The third-order valence-corrected chi connectivity index (χ3v) is 13.7. The lowest BCUT2D eigenvalue weighted by Crippen LogP contribution is -2.35. The van der Waals surface area contributed by atoms with E-state index in [4.69, 9.17) is 9.47 Å². The van der Waals surface area contributed by atoms with Gasteiger partial charge in [0.1, 0.15) is 22.8 Å². The molecule has 0 spiro atoms. The molecule has 9 rings (SSSR count). The van der Waals surface area contributed by atoms with Crippen LogP contribution in [0.15, 0.2) is 96.2 Å². The summed E-state index contributed by atoms with van der Waals surface area (Å²) in [5.74, 6) is 0.617. The lowest BCUT2D eigenvalue weighted by atomic mass is 9.88. The Morgan fingerprint density at radius 1 is 0.966 bits per heavy atom. The number of carbonyl (C=O) groups excluding carboxylic acids is 1. The SMILES string of the molecule is O=C(NS(=O)(=O)c1ccc(NCC2CCOCC2)c([N+](=O)[O-])c1)c1ccc(C2=CCC(N3CCCC3c3ccc(C4CC4)cc3)CC2)cc1Oc1cnc2[nH]ccc2c1. The number of H-pyrrole nitrogens is 1. The molecule has 13 nitrogen and oxygen atoms in total. The summed E-state index contributed by atoms with van der Waals surface area (Å²) in [5, 5.41) is 16.0. The average Bonchev–Trinajstić information content (AvgIpc) is 3.80. The number of ether oxygens (including phenoxy) is 2. The Kier molecular flexibility index (Phi) is 10.9. The number of allylic oxidation sites excluding steroid dienone is 1. The maximum Gasteiger partial charge on any atom is 0.293 e. The van der Waals surface area contributed by atoms with E-state index in [-0.39, 0.29) is 22.9 Å². The molecule has 2 unspecified atom stereocenters. The number of anilines is 1. The van der Waals surface area contributed by atoms with Gasteiger partial charge >= 0.3 is 0 Å². The Morgan fingerprint density at radius 3 is 2.54 bits per heavy atom. The molecule has 3 aromatic carbocycles. The van der Waals surface area contributed by atoms with Crippen molar-refractivity contribution < 1.29 is 27.6 Å². The van der Waals surface area contributed by atoms with Gasteiger partial charge in [-0.05, 0) is 135 Å². The van der Waals surface area contributed by atoms with Crippen LogP contribution in [0.25, 0.3) is 16.6 Å². The third kappa shape index (κ3) is 8.61. The minimum Gasteiger partial charge on any atom is -0.455 e. The van der Waals surface area contributed by atoms with Gasteiger partial charge < -0.3 is 19.8 Å². The zero-order chi connectivity index (χ0) is 40.5. The summed E-state index contributed by atoms with van der Waals surface area (Å²) in [7, 11) is -4.54. The molecular weight excluding hydrogens is 769 g/mol. The van der Waals surface area contributed by atoms with Crippen molar-refractivity contribution in [3.8, 4) is 11.5 Å². The van der Waals surface area contributed by atoms with Crippen molar-refractivity contribution >= 4 is 43.9 Å². The fraction of sp³-hybridized carbons (Fsp3) is 0.378. The number of likely N-dealkylation sites (tertiary alicyclic amines) is 1. The number of hydrogen-bond acceptors (Lipinski definition) is 10. The largest absolute Gasteiger partial charge is 0.455 e. The lowest BCUT2D eigenvalue weighted by molar-refractivity contribution is -0.384. The number of aromatic amines is 1. The number of pyridine rings is 1. The minimum absolute atomic E-state index is 0.0161. The van der Waals surface area contributed by atoms with Gasteiger partial charge in [0.2, 0.25) is 0 Å². The van der Waals surface area contributed by atoms with Crippen molar-refractivity contribution in [2.24, 2.45) is 5.92 Å². The van der Waals surface area contributed by atoms with Gasteiger partial charge in [0.05, 0.1) is 21.6 Å². The fourth-order valence-electron chi connectivity index (χ4n) is 8.89. The van der Waals surface area contributed by atoms with Gasteiger partial charge in [0.25, 0.3) is 21.6 Å². The molecule has 4 heterocycles. The molecule has 2 aliphatic carbocycles. The molecule has 3 N–H and O–H groups in total. The van der Waals surface area contributed by atoms with Gasteiger partial charge in [0, 0.05) is 49.5 Å². The van der Waals surface area contributed by atoms with Crippen LogP contribution in [0.3, 0.4) is 0 Å². The molecule has 3 fully saturated rings. The molecule has 59 heavy (non-hydrogen) atoms. The number of rotatable bonds is 13. The van der Waals surface area contributed by atoms with E-state index in [0.29, 0.717) is 43.2 Å². The summed E-state index contributed by atoms with van der Waals surface area (Å²) < 4.78 is 41.2. The third-order valence-electron chi connectivity index (χ3n) is 12.3. The summed E-state index contributed by atoms with van der Waals surface area (Å²) >= 11 is 0. The van der Waals surface area contributed by atoms with Crippen LogP contribution < -0.4 is 14.8 Å². The highest BCUT2D eigenvalue weighted by atomic mass is 32.2. The van der Waals surface area contributed by atoms with Crippen LogP contribution in [0.4, 0.5) is 11.4 Å². The van der Waals surface area contributed by atoms with Crippen molar-refractivity contribution in [3.05, 3.63) is 124 Å². The van der Waals surface area contributed by atoms with Crippen LogP contribution in [0.5, 0.6) is 11.5 Å². The van der Waals surface area contributed by atoms with Gasteiger partial charge in [-0.3, -0.25) is 19.8 Å². The van der Waals surface area contributed by atoms with Crippen LogP contribution in [-0.2, 0) is 14.8 Å². The van der Waals surface area contributed by atoms with Gasteiger partial charge in [-0.15, -0.1) is 0 Å². The molecule has 306 valence electrons. The van der Waals surface area contributed by atoms with Crippen molar-refractivity contribution in [3.63, 3.8) is 0 Å². The normalized spacial score (nSPS) is 20.3. The van der Waals surface area contributed by atoms with E-state index in [1.165, 1.54) is 48.7 Å². The molecular formula is C45H48N6O7S. The van der Waals surface area contributed by atoms with Crippen LogP contribution >= 0.6 is 0 Å². The zero-order valence-electron chi connectivity index (χ0n) is 32.8. The highest BCUT2D eigenvalue weighted by Crippen LogP contribution is 2.43. The van der Waals surface area contributed by atoms with Gasteiger partial charge in [-0.1, -0.05) is 36.4 Å². The first-order valence-electron chi connectivity index (χ1n) is 20.7. The van der Waals surface area contributed by atoms with Gasteiger partial charge in [-0.25, -0.2) is 18.1 Å². The number of sulfonamides is 1. The fourth-order valence-corrected chi connectivity index (χ4v) is 9.88. The number of amides is 1. The molecule has 2 aromatic heterocycles. The number of nitro benzene ring substituents is 1. The summed E-state index contributed by atoms with van der Waals surface area (Å²) in [6, 6.07) is 22.6. The molecule has 0 bridgehead atoms. The van der Waals surface area contributed by atoms with Crippen LogP contribution in [0.1, 0.15) is 96.8 Å². The smallest absolute Gasteiger partial charge is 0.293 e. The van der Waals surface area contributed by atoms with E-state index in [0.717, 1.165) is 73.6 Å². The Bertz CT molecular complexity index is 2510. The second-order valence-corrected chi connectivity index (χ2v) is 17.9. The molecule has 5 aromatic rings. The number of aromatic nitrogens is 2. The Morgan fingerprint density at radius 2 is 1.78 bits per heavy atom. The van der Waals surface area contributed by atoms with Gasteiger partial charge in [-0.2, -0.15) is 0 Å². The zero-order valence-corrected chi connectivity index (χ0v) is 33.6. The van der Waals surface area contributed by atoms with E-state index in [9.17, 15) is 23.3 Å². The van der Waals surface area contributed by atoms with E-state index in [1.54, 1.807) is 24.4 Å². The molecule has 4 aliphatic rings. The summed E-state index contributed by atoms with van der Waals surface area (Å²) in [6.45, 7) is 2.84. The maximum atomic E-state index is 13.9. The number of hydrogen-bond donors (Lipinski definition) is 3. The minimum atomic E-state index is -4.54. The Hall–Kier alpha value is -5.57. The Labute approximate surface area is 343 Å². The van der Waals surface area contributed by atoms with Crippen molar-refractivity contribution in [1.82, 2.24) is 19.6 Å². The quantitative estimate of drug-likeness (QED) is 0.0771. The van der Waals surface area contributed by atoms with Gasteiger partial charge in [0.15, 0.2) is 0 Å². The van der Waals surface area contributed by atoms with E-state index in [2.05, 4.69) is 55.2 Å². The van der Waals surface area contributed by atoms with Crippen molar-refractivity contribution in [2.75, 3.05) is 31.6 Å². The number of nitrogens with zero attached hydrogens (tertiary/aromatic N) is 3. The second-order valence-electron chi connectivity index (χ2n) is 16.2. The number of fused-ring (bicyclic) bond motifs is 1. The lowest BCUT2D eigenvalue weighted by Gasteiger charge is -2.35. The molecule has 2 atom stereocenters. The number of carbonyl (C=O) groups is 1. The first-order valence-corrected chi connectivity index (χ1v) is 22.1. The molecule has 2 saturated heterocycles. The predicted molar refractivity (Wildman–Crippen MR) is 225 cm³/mol. The highest BCUT2D eigenvalue weighted by molar-refractivity contribution is 7.90. The maximum absolute atomic E-state index is 13.9. The highest BCUT2D eigenvalue weighted by Gasteiger charge is 2.34. The van der Waals surface area contributed by atoms with E-state index < -0.39 is 31.4 Å². The standard InChI is InChI=1S/C45H48N6O7S/c52-45(49-59(55,56)38-14-16-40(42(26-38)51(53)54)47-27-29-18-22-57-23-19-29)39-15-11-34(25-43(39)58-37-24-35-17-20-46-44(35)48-28-37)32-9-12-36(13-10-32)50-21-1-2-41(50)33-7-5-31(6-8-33)30-3-4-30/h5-9,11,14-17,20,24-26,28-30,36,41,47H,1-4,10,12-13,18-19,21-23,27H2,(H,46,48)(H,49,52). The number of nitro groups is 1. The average molecular weight is 817 g/mol. The Balaban J connectivity index is 0.943. The molecule has 2 aliphatic heterocycles. The number of nitrogens with one attached hydrogen (secondary N) is 3. The van der Waals surface area contributed by atoms with E-state index in [1.807, 2.05) is 12.1 Å². The van der Waals surface area contributed by atoms with Crippen molar-refractivity contribution in [1.29, 1.82) is 0 Å². The monoisotopic (exact) mass is 816 g/mol. The summed E-state index contributed by atoms with van der Waals surface area (Å²) in [6.07, 6.45) is 14.9. The topological polar surface area (TPSA) is 169 Å². The molecule has 0 radical (unpaired) electrons. The molecule has 14 heteroatoms. The summed E-state index contributed by atoms with van der Waals surface area (Å²) in [4.78, 5) is 35.1. The first-order chi connectivity index (χ1) is 28.7. The van der Waals surface area contributed by atoms with E-state index >= 15 is 0 Å². The van der Waals surface area contributed by atoms with Crippen LogP contribution in [0.2, 0.25) is 0 Å². The predicted octanol–water partition coefficient (Wildman–Crippen LogP) is 8.87. The van der Waals surface area contributed by atoms with Crippen molar-refractivity contribution in [2.45, 2.75) is 80.7 Å². The van der Waals surface area contributed by atoms with Crippen LogP contribution in [-0.4, -0.2) is 66.5 Å². The first kappa shape index (κ1) is 38.9. The molecule has 1 amide bonds. The number of benzene rings is 3. The van der Waals surface area contributed by atoms with Crippen LogP contribution in [0, 0.1) is 16.0 Å².